The van der Waals surface area contributed by atoms with Gasteiger partial charge in [0.15, 0.2) is 0 Å². The molecule has 0 aliphatic heterocycles. The Hall–Kier alpha value is -2.67. The minimum absolute atomic E-state index is 0.236. The summed E-state index contributed by atoms with van der Waals surface area (Å²) in [6.07, 6.45) is 1.90. The molecule has 0 atom stereocenters. The van der Waals surface area contributed by atoms with E-state index < -0.39 is 5.82 Å². The molecule has 0 spiro atoms. The van der Waals surface area contributed by atoms with Crippen molar-refractivity contribution < 1.29 is 18.4 Å². The fourth-order valence-corrected chi connectivity index (χ4v) is 1.93. The molecule has 2 aromatic rings. The lowest BCUT2D eigenvalue weighted by Gasteiger charge is -2.06. The van der Waals surface area contributed by atoms with E-state index in [1.807, 2.05) is 0 Å². The summed E-state index contributed by atoms with van der Waals surface area (Å²) in [7, 11) is 0. The van der Waals surface area contributed by atoms with Crippen LogP contribution in [0, 0.1) is 5.82 Å². The van der Waals surface area contributed by atoms with Crippen LogP contribution in [0.2, 0.25) is 0 Å². The second-order valence-electron chi connectivity index (χ2n) is 4.88. The lowest BCUT2D eigenvalue weighted by Crippen LogP contribution is -2.29. The van der Waals surface area contributed by atoms with Crippen LogP contribution in [0.1, 0.15) is 32.9 Å². The number of hydrogen-bond acceptors (Lipinski definition) is 4. The van der Waals surface area contributed by atoms with Crippen LogP contribution >= 0.6 is 0 Å². The largest absolute Gasteiger partial charge is 0.467 e. The number of halogens is 1. The van der Waals surface area contributed by atoms with Gasteiger partial charge >= 0.3 is 0 Å². The highest BCUT2D eigenvalue weighted by Crippen LogP contribution is 2.06. The van der Waals surface area contributed by atoms with E-state index in [1.165, 1.54) is 30.5 Å². The van der Waals surface area contributed by atoms with Gasteiger partial charge in [0.2, 0.25) is 0 Å². The number of nitrogens with one attached hydrogen (secondary N) is 2. The molecule has 0 saturated carbocycles. The average molecular weight is 319 g/mol. The predicted molar refractivity (Wildman–Crippen MR) is 82.3 cm³/mol. The lowest BCUT2D eigenvalue weighted by atomic mass is 10.2. The first-order chi connectivity index (χ1) is 11.1. The SMILES string of the molecule is NCc1cc(C(=O)NCCCNC(=O)c2cccc(F)c2)co1. The molecule has 2 rings (SSSR count). The standard InChI is InChI=1S/C16H18FN3O3/c17-13-4-1-3-11(7-13)15(21)19-5-2-6-20-16(22)12-8-14(9-18)23-10-12/h1,3-4,7-8,10H,2,5-6,9,18H2,(H,19,21)(H,20,22). The van der Waals surface area contributed by atoms with Crippen molar-refractivity contribution >= 4 is 11.8 Å². The van der Waals surface area contributed by atoms with Gasteiger partial charge in [-0.15, -0.1) is 0 Å². The molecule has 1 aromatic carbocycles. The van der Waals surface area contributed by atoms with E-state index in [4.69, 9.17) is 10.2 Å². The van der Waals surface area contributed by atoms with E-state index in [1.54, 1.807) is 6.07 Å². The molecular weight excluding hydrogens is 301 g/mol. The third-order valence-electron chi connectivity index (χ3n) is 3.13. The summed E-state index contributed by atoms with van der Waals surface area (Å²) in [5.74, 6) is -0.525. The van der Waals surface area contributed by atoms with Crippen LogP contribution in [0.25, 0.3) is 0 Å². The van der Waals surface area contributed by atoms with Crippen molar-refractivity contribution in [3.8, 4) is 0 Å². The average Bonchev–Trinajstić information content (AvgIpc) is 3.03. The zero-order valence-electron chi connectivity index (χ0n) is 12.5. The van der Waals surface area contributed by atoms with Crippen LogP contribution in [0.4, 0.5) is 4.39 Å². The first-order valence-corrected chi connectivity index (χ1v) is 7.19. The Balaban J connectivity index is 1.67. The number of carbonyl (C=O) groups excluding carboxylic acids is 2. The highest BCUT2D eigenvalue weighted by atomic mass is 19.1. The van der Waals surface area contributed by atoms with Crippen molar-refractivity contribution in [2.45, 2.75) is 13.0 Å². The smallest absolute Gasteiger partial charge is 0.254 e. The summed E-state index contributed by atoms with van der Waals surface area (Å²) >= 11 is 0. The van der Waals surface area contributed by atoms with Crippen molar-refractivity contribution in [1.29, 1.82) is 0 Å². The van der Waals surface area contributed by atoms with E-state index >= 15 is 0 Å². The molecule has 0 radical (unpaired) electrons. The van der Waals surface area contributed by atoms with E-state index in [2.05, 4.69) is 10.6 Å². The fourth-order valence-electron chi connectivity index (χ4n) is 1.93. The normalized spacial score (nSPS) is 10.3. The summed E-state index contributed by atoms with van der Waals surface area (Å²) in [5.41, 5.74) is 6.08. The quantitative estimate of drug-likeness (QED) is 0.672. The zero-order valence-corrected chi connectivity index (χ0v) is 12.5. The molecular formula is C16H18FN3O3. The molecule has 0 aliphatic carbocycles. The first-order valence-electron chi connectivity index (χ1n) is 7.19. The molecule has 4 N–H and O–H groups in total. The highest BCUT2D eigenvalue weighted by molar-refractivity contribution is 5.94. The number of rotatable bonds is 7. The Morgan fingerprint density at radius 3 is 2.39 bits per heavy atom. The number of furan rings is 1. The molecule has 1 aromatic heterocycles. The number of carbonyl (C=O) groups is 2. The third-order valence-corrected chi connectivity index (χ3v) is 3.13. The van der Waals surface area contributed by atoms with Gasteiger partial charge in [0.25, 0.3) is 11.8 Å². The Labute approximate surface area is 132 Å². The minimum atomic E-state index is -0.457. The molecule has 0 bridgehead atoms. The summed E-state index contributed by atoms with van der Waals surface area (Å²) < 4.78 is 18.1. The molecule has 0 unspecified atom stereocenters. The number of nitrogens with two attached hydrogens (primary N) is 1. The second kappa shape index (κ2) is 8.09. The summed E-state index contributed by atoms with van der Waals surface area (Å²) in [6.45, 7) is 1.000. The van der Waals surface area contributed by atoms with Crippen molar-refractivity contribution in [3.63, 3.8) is 0 Å². The molecule has 1 heterocycles. The van der Waals surface area contributed by atoms with Crippen LogP contribution < -0.4 is 16.4 Å². The van der Waals surface area contributed by atoms with Crippen molar-refractivity contribution in [3.05, 3.63) is 59.3 Å². The second-order valence-corrected chi connectivity index (χ2v) is 4.88. The van der Waals surface area contributed by atoms with Crippen LogP contribution in [-0.4, -0.2) is 24.9 Å². The summed E-state index contributed by atoms with van der Waals surface area (Å²) in [6, 6.07) is 7.05. The van der Waals surface area contributed by atoms with Gasteiger partial charge in [-0.2, -0.15) is 0 Å². The molecule has 0 saturated heterocycles. The third kappa shape index (κ3) is 4.93. The first kappa shape index (κ1) is 16.7. The highest BCUT2D eigenvalue weighted by Gasteiger charge is 2.09. The monoisotopic (exact) mass is 319 g/mol. The maximum atomic E-state index is 13.0. The van der Waals surface area contributed by atoms with Crippen LogP contribution in [0.5, 0.6) is 0 Å². The molecule has 0 fully saturated rings. The Kier molecular flexibility index (Phi) is 5.87. The van der Waals surface area contributed by atoms with Gasteiger partial charge in [-0.3, -0.25) is 9.59 Å². The van der Waals surface area contributed by atoms with Gasteiger partial charge < -0.3 is 20.8 Å². The molecule has 122 valence electrons. The van der Waals surface area contributed by atoms with E-state index in [0.717, 1.165) is 0 Å². The lowest BCUT2D eigenvalue weighted by molar-refractivity contribution is 0.0951. The van der Waals surface area contributed by atoms with E-state index in [9.17, 15) is 14.0 Å². The van der Waals surface area contributed by atoms with Crippen LogP contribution in [0.15, 0.2) is 41.0 Å². The van der Waals surface area contributed by atoms with E-state index in [0.29, 0.717) is 30.8 Å². The molecule has 2 amide bonds. The fraction of sp³-hybridized carbons (Fsp3) is 0.250. The number of amides is 2. The van der Waals surface area contributed by atoms with Gasteiger partial charge in [-0.05, 0) is 30.7 Å². The predicted octanol–water partition coefficient (Wildman–Crippen LogP) is 1.43. The maximum Gasteiger partial charge on any atom is 0.254 e. The molecule has 0 aliphatic rings. The Morgan fingerprint density at radius 2 is 1.78 bits per heavy atom. The van der Waals surface area contributed by atoms with Crippen LogP contribution in [-0.2, 0) is 6.54 Å². The molecule has 23 heavy (non-hydrogen) atoms. The summed E-state index contributed by atoms with van der Waals surface area (Å²) in [5, 5.41) is 5.37. The molecule has 6 nitrogen and oxygen atoms in total. The van der Waals surface area contributed by atoms with Gasteiger partial charge in [-0.1, -0.05) is 6.07 Å². The van der Waals surface area contributed by atoms with Crippen molar-refractivity contribution in [2.75, 3.05) is 13.1 Å². The molecule has 7 heteroatoms. The van der Waals surface area contributed by atoms with Gasteiger partial charge in [-0.25, -0.2) is 4.39 Å². The number of hydrogen-bond donors (Lipinski definition) is 3. The Morgan fingerprint density at radius 1 is 1.09 bits per heavy atom. The minimum Gasteiger partial charge on any atom is -0.467 e. The zero-order chi connectivity index (χ0) is 16.7. The van der Waals surface area contributed by atoms with Gasteiger partial charge in [0, 0.05) is 18.7 Å². The Bertz CT molecular complexity index is 685. The van der Waals surface area contributed by atoms with E-state index in [-0.39, 0.29) is 23.9 Å². The summed E-state index contributed by atoms with van der Waals surface area (Å²) in [4.78, 5) is 23.6. The van der Waals surface area contributed by atoms with Gasteiger partial charge in [0.05, 0.1) is 12.1 Å². The topological polar surface area (TPSA) is 97.4 Å². The number of benzene rings is 1. The van der Waals surface area contributed by atoms with Crippen molar-refractivity contribution in [2.24, 2.45) is 5.73 Å². The maximum absolute atomic E-state index is 13.0. The van der Waals surface area contributed by atoms with Crippen LogP contribution in [0.3, 0.4) is 0 Å². The van der Waals surface area contributed by atoms with Gasteiger partial charge in [0.1, 0.15) is 17.8 Å². The van der Waals surface area contributed by atoms with Crippen molar-refractivity contribution in [1.82, 2.24) is 10.6 Å².